The molecule has 3 N–H and O–H groups in total. The molecule has 0 aliphatic heterocycles. The monoisotopic (exact) mass is 1200 g/mol. The second kappa shape index (κ2) is 52.4. The molecule has 19 heteroatoms. The highest BCUT2D eigenvalue weighted by Gasteiger charge is 2.30. The van der Waals surface area contributed by atoms with Crippen LogP contribution in [0.1, 0.15) is 293 Å². The largest absolute Gasteiger partial charge is 0.472 e. The molecule has 0 saturated carbocycles. The summed E-state index contributed by atoms with van der Waals surface area (Å²) in [5.74, 6) is 0.663. The van der Waals surface area contributed by atoms with Gasteiger partial charge in [-0.3, -0.25) is 37.3 Å². The normalized spacial score (nSPS) is 14.5. The Kier molecular flexibility index (Phi) is 51.1. The highest BCUT2D eigenvalue weighted by atomic mass is 31.2. The second-order valence-corrected chi connectivity index (χ2v) is 27.3. The van der Waals surface area contributed by atoms with Gasteiger partial charge in [0, 0.05) is 25.7 Å². The van der Waals surface area contributed by atoms with Crippen molar-refractivity contribution in [3.8, 4) is 0 Å². The van der Waals surface area contributed by atoms with E-state index in [1.165, 1.54) is 89.9 Å². The third-order valence-electron chi connectivity index (χ3n) is 14.1. The van der Waals surface area contributed by atoms with Crippen LogP contribution >= 0.6 is 15.6 Å². The van der Waals surface area contributed by atoms with E-state index < -0.39 is 97.5 Å². The third-order valence-corrected chi connectivity index (χ3v) is 16.0. The molecule has 0 aliphatic carbocycles. The number of hydrogen-bond acceptors (Lipinski definition) is 15. The highest BCUT2D eigenvalue weighted by Crippen LogP contribution is 2.45. The number of phosphoric acid groups is 2. The van der Waals surface area contributed by atoms with Crippen LogP contribution in [0.15, 0.2) is 0 Å². The zero-order valence-corrected chi connectivity index (χ0v) is 54.2. The molecule has 81 heavy (non-hydrogen) atoms. The first-order valence-corrected chi connectivity index (χ1v) is 35.2. The van der Waals surface area contributed by atoms with Gasteiger partial charge in [0.05, 0.1) is 26.4 Å². The van der Waals surface area contributed by atoms with E-state index in [9.17, 15) is 43.2 Å². The van der Waals surface area contributed by atoms with E-state index in [0.29, 0.717) is 37.5 Å². The van der Waals surface area contributed by atoms with Crippen LogP contribution in [-0.4, -0.2) is 96.7 Å². The van der Waals surface area contributed by atoms with Gasteiger partial charge >= 0.3 is 39.5 Å². The van der Waals surface area contributed by atoms with Crippen LogP contribution in [0.5, 0.6) is 0 Å². The minimum atomic E-state index is -4.94. The number of esters is 4. The van der Waals surface area contributed by atoms with Crippen LogP contribution in [0.4, 0.5) is 0 Å². The van der Waals surface area contributed by atoms with E-state index in [-0.39, 0.29) is 25.7 Å². The molecule has 0 fully saturated rings. The first-order valence-electron chi connectivity index (χ1n) is 32.2. The summed E-state index contributed by atoms with van der Waals surface area (Å²) in [4.78, 5) is 72.0. The Balaban J connectivity index is 5.23. The van der Waals surface area contributed by atoms with E-state index in [4.69, 9.17) is 37.0 Å². The third kappa shape index (κ3) is 56.9. The molecule has 0 amide bonds. The fraction of sp³-hybridized carbons (Fsp3) is 0.935. The zero-order valence-electron chi connectivity index (χ0n) is 52.4. The van der Waals surface area contributed by atoms with Crippen molar-refractivity contribution >= 4 is 39.5 Å². The SMILES string of the molecule is CC(C)CCCCCCCCCCCC(=O)OC[C@H](COP(=O)(O)OC[C@@H](O)COP(=O)(O)OC[C@@H](COC(=O)CCCCCCCCC(C)C)OC(=O)CCCCCCCCCCC(C)C)OC(=O)CCCCCCCCC(C)C. The van der Waals surface area contributed by atoms with Crippen molar-refractivity contribution in [3.05, 3.63) is 0 Å². The lowest BCUT2D eigenvalue weighted by molar-refractivity contribution is -0.161. The Morgan fingerprint density at radius 2 is 0.519 bits per heavy atom. The number of phosphoric ester groups is 2. The molecular formula is C62H120O17P2. The quantitative estimate of drug-likeness (QED) is 0.0222. The fourth-order valence-corrected chi connectivity index (χ4v) is 10.7. The van der Waals surface area contributed by atoms with Crippen LogP contribution in [-0.2, 0) is 65.4 Å². The molecule has 0 aromatic rings. The van der Waals surface area contributed by atoms with Gasteiger partial charge < -0.3 is 33.8 Å². The van der Waals surface area contributed by atoms with Gasteiger partial charge in [-0.15, -0.1) is 0 Å². The molecule has 0 rings (SSSR count). The maximum Gasteiger partial charge on any atom is 0.472 e. The predicted octanol–water partition coefficient (Wildman–Crippen LogP) is 16.6. The molecule has 2 unspecified atom stereocenters. The van der Waals surface area contributed by atoms with Crippen molar-refractivity contribution in [2.24, 2.45) is 23.7 Å². The van der Waals surface area contributed by atoms with Gasteiger partial charge in [-0.2, -0.15) is 0 Å². The number of aliphatic hydroxyl groups excluding tert-OH is 1. The van der Waals surface area contributed by atoms with E-state index in [0.717, 1.165) is 108 Å². The smallest absolute Gasteiger partial charge is 0.462 e. The first-order chi connectivity index (χ1) is 38.6. The summed E-state index contributed by atoms with van der Waals surface area (Å²) >= 11 is 0. The topological polar surface area (TPSA) is 237 Å². The zero-order chi connectivity index (χ0) is 60.4. The lowest BCUT2D eigenvalue weighted by Gasteiger charge is -2.21. The van der Waals surface area contributed by atoms with Crippen molar-refractivity contribution < 1.29 is 80.2 Å². The maximum absolute atomic E-state index is 12.9. The molecule has 0 aromatic heterocycles. The van der Waals surface area contributed by atoms with Crippen molar-refractivity contribution in [3.63, 3.8) is 0 Å². The van der Waals surface area contributed by atoms with Crippen LogP contribution in [0, 0.1) is 23.7 Å². The average Bonchev–Trinajstić information content (AvgIpc) is 3.40. The Morgan fingerprint density at radius 1 is 0.309 bits per heavy atom. The van der Waals surface area contributed by atoms with Gasteiger partial charge in [-0.05, 0) is 49.4 Å². The van der Waals surface area contributed by atoms with Gasteiger partial charge in [0.2, 0.25) is 0 Å². The van der Waals surface area contributed by atoms with Crippen LogP contribution in [0.2, 0.25) is 0 Å². The Morgan fingerprint density at radius 3 is 0.765 bits per heavy atom. The molecular weight excluding hydrogens is 1080 g/mol. The molecule has 0 radical (unpaired) electrons. The van der Waals surface area contributed by atoms with Gasteiger partial charge in [0.15, 0.2) is 12.2 Å². The summed E-state index contributed by atoms with van der Waals surface area (Å²) in [5, 5.41) is 10.5. The molecule has 0 saturated heterocycles. The summed E-state index contributed by atoms with van der Waals surface area (Å²) in [6.45, 7) is 13.8. The lowest BCUT2D eigenvalue weighted by atomic mass is 10.0. The maximum atomic E-state index is 12.9. The number of hydrogen-bond donors (Lipinski definition) is 3. The minimum absolute atomic E-state index is 0.101. The van der Waals surface area contributed by atoms with E-state index in [1.54, 1.807) is 0 Å². The molecule has 17 nitrogen and oxygen atoms in total. The lowest BCUT2D eigenvalue weighted by Crippen LogP contribution is -2.30. The number of carbonyl (C=O) groups is 4. The first kappa shape index (κ1) is 79.1. The Bertz CT molecular complexity index is 1630. The minimum Gasteiger partial charge on any atom is -0.462 e. The van der Waals surface area contributed by atoms with Gasteiger partial charge in [0.25, 0.3) is 0 Å². The molecule has 0 heterocycles. The van der Waals surface area contributed by atoms with Crippen molar-refractivity contribution in [2.75, 3.05) is 39.6 Å². The van der Waals surface area contributed by atoms with E-state index in [1.807, 2.05) is 0 Å². The number of carbonyl (C=O) groups excluding carboxylic acids is 4. The van der Waals surface area contributed by atoms with Crippen molar-refractivity contribution in [2.45, 2.75) is 311 Å². The van der Waals surface area contributed by atoms with Crippen LogP contribution in [0.3, 0.4) is 0 Å². The van der Waals surface area contributed by atoms with Crippen LogP contribution in [0.25, 0.3) is 0 Å². The van der Waals surface area contributed by atoms with Gasteiger partial charge in [-0.1, -0.05) is 242 Å². The average molecular weight is 1200 g/mol. The molecule has 0 spiro atoms. The van der Waals surface area contributed by atoms with E-state index >= 15 is 0 Å². The Hall–Kier alpha value is -1.94. The van der Waals surface area contributed by atoms with Crippen LogP contribution < -0.4 is 0 Å². The standard InChI is InChI=1S/C62H120O17P2/c1-52(2)38-30-22-14-10-9-11-16-26-34-42-59(64)72-48-58(79-62(67)45-37-29-21-19-25-33-41-55(7)8)51-77-81(70,71)75-47-56(63)46-74-80(68,69)76-50-57(49-73-60(65)43-35-27-20-18-24-32-40-54(5)6)78-61(66)44-36-28-17-13-12-15-23-31-39-53(3)4/h52-58,63H,9-51H2,1-8H3,(H,68,69)(H,70,71)/t56-,57+,58+/m0/s1. The van der Waals surface area contributed by atoms with E-state index in [2.05, 4.69) is 55.4 Å². The van der Waals surface area contributed by atoms with Gasteiger partial charge in [0.1, 0.15) is 19.3 Å². The highest BCUT2D eigenvalue weighted by molar-refractivity contribution is 7.47. The summed E-state index contributed by atoms with van der Waals surface area (Å²) in [7, 11) is -9.88. The number of rotatable bonds is 59. The summed E-state index contributed by atoms with van der Waals surface area (Å²) in [6.07, 6.45) is 31.1. The summed E-state index contributed by atoms with van der Waals surface area (Å²) < 4.78 is 67.8. The predicted molar refractivity (Wildman–Crippen MR) is 321 cm³/mol. The number of unbranched alkanes of at least 4 members (excludes halogenated alkanes) is 25. The number of aliphatic hydroxyl groups is 1. The van der Waals surface area contributed by atoms with Gasteiger partial charge in [-0.25, -0.2) is 9.13 Å². The molecule has 0 aromatic carbocycles. The molecule has 0 aliphatic rings. The fourth-order valence-electron chi connectivity index (χ4n) is 9.08. The Labute approximate surface area is 492 Å². The van der Waals surface area contributed by atoms with Crippen molar-refractivity contribution in [1.82, 2.24) is 0 Å². The second-order valence-electron chi connectivity index (χ2n) is 24.3. The molecule has 0 bridgehead atoms. The molecule has 480 valence electrons. The summed E-state index contributed by atoms with van der Waals surface area (Å²) in [6, 6.07) is 0. The summed E-state index contributed by atoms with van der Waals surface area (Å²) in [5.41, 5.74) is 0. The number of ether oxygens (including phenoxy) is 4. The molecule has 5 atom stereocenters. The van der Waals surface area contributed by atoms with Crippen molar-refractivity contribution in [1.29, 1.82) is 0 Å².